The number of hydrogen-bond acceptors (Lipinski definition) is 2. The van der Waals surface area contributed by atoms with Gasteiger partial charge < -0.3 is 4.48 Å². The van der Waals surface area contributed by atoms with Crippen LogP contribution in [0, 0.1) is 0 Å². The molecular formula is C18H41N2O2S+. The molecule has 0 unspecified atom stereocenters. The molecule has 0 amide bonds. The molecule has 0 aromatic heterocycles. The maximum atomic E-state index is 12.3. The molecule has 0 fully saturated rings. The molecule has 0 aliphatic rings. The number of quaternary nitrogens is 1. The second-order valence-corrected chi connectivity index (χ2v) is 9.64. The first-order valence-corrected chi connectivity index (χ1v) is 11.1. The van der Waals surface area contributed by atoms with Crippen molar-refractivity contribution < 1.29 is 12.9 Å². The Bertz CT molecular complexity index is 380. The number of unbranched alkanes of at least 4 members (excludes halogenated alkanes) is 7. The average molecular weight is 350 g/mol. The van der Waals surface area contributed by atoms with Crippen molar-refractivity contribution in [1.29, 1.82) is 0 Å². The van der Waals surface area contributed by atoms with E-state index in [0.717, 1.165) is 36.8 Å². The van der Waals surface area contributed by atoms with Crippen LogP contribution in [0.4, 0.5) is 0 Å². The predicted octanol–water partition coefficient (Wildman–Crippen LogP) is 3.88. The molecule has 4 nitrogen and oxygen atoms in total. The summed E-state index contributed by atoms with van der Waals surface area (Å²) in [5, 5.41) is 0. The lowest BCUT2D eigenvalue weighted by Crippen LogP contribution is -2.41. The van der Waals surface area contributed by atoms with Gasteiger partial charge in [0, 0.05) is 20.0 Å². The van der Waals surface area contributed by atoms with Gasteiger partial charge in [-0.2, -0.15) is 0 Å². The van der Waals surface area contributed by atoms with Crippen molar-refractivity contribution in [2.24, 2.45) is 0 Å². The number of nitrogens with zero attached hydrogens (tertiary/aromatic N) is 2. The van der Waals surface area contributed by atoms with Gasteiger partial charge in [-0.05, 0) is 13.3 Å². The summed E-state index contributed by atoms with van der Waals surface area (Å²) >= 11 is 0. The van der Waals surface area contributed by atoms with Crippen molar-refractivity contribution in [1.82, 2.24) is 4.31 Å². The molecule has 23 heavy (non-hydrogen) atoms. The minimum Gasteiger partial charge on any atom is -0.329 e. The molecule has 0 aliphatic heterocycles. The zero-order valence-corrected chi connectivity index (χ0v) is 17.1. The highest BCUT2D eigenvalue weighted by Crippen LogP contribution is 2.11. The zero-order valence-electron chi connectivity index (χ0n) is 16.3. The van der Waals surface area contributed by atoms with Crippen LogP contribution in [0.1, 0.15) is 71.6 Å². The lowest BCUT2D eigenvalue weighted by atomic mass is 10.1. The number of hydrogen-bond donors (Lipinski definition) is 0. The van der Waals surface area contributed by atoms with E-state index in [0.29, 0.717) is 12.3 Å². The zero-order chi connectivity index (χ0) is 17.8. The molecule has 0 saturated carbocycles. The van der Waals surface area contributed by atoms with Gasteiger partial charge in [0.25, 0.3) is 0 Å². The Morgan fingerprint density at radius 1 is 0.826 bits per heavy atom. The molecule has 0 N–H and O–H groups in total. The fourth-order valence-corrected chi connectivity index (χ4v) is 3.88. The van der Waals surface area contributed by atoms with Crippen molar-refractivity contribution in [2.45, 2.75) is 71.6 Å². The van der Waals surface area contributed by atoms with Gasteiger partial charge in [0.2, 0.25) is 10.0 Å². The van der Waals surface area contributed by atoms with Crippen molar-refractivity contribution in [2.75, 3.05) is 46.5 Å². The lowest BCUT2D eigenvalue weighted by molar-refractivity contribution is -0.888. The SMILES string of the molecule is CCCCCCCCCCS(=O)(=O)N(C)CCC[N+](C)(C)CC. The van der Waals surface area contributed by atoms with E-state index in [1.165, 1.54) is 38.5 Å². The highest BCUT2D eigenvalue weighted by molar-refractivity contribution is 7.89. The van der Waals surface area contributed by atoms with Gasteiger partial charge in [-0.25, -0.2) is 12.7 Å². The molecule has 0 atom stereocenters. The van der Waals surface area contributed by atoms with E-state index in [-0.39, 0.29) is 0 Å². The van der Waals surface area contributed by atoms with Gasteiger partial charge in [-0.3, -0.25) is 0 Å². The van der Waals surface area contributed by atoms with E-state index in [4.69, 9.17) is 0 Å². The molecule has 5 heteroatoms. The van der Waals surface area contributed by atoms with E-state index in [9.17, 15) is 8.42 Å². The van der Waals surface area contributed by atoms with Gasteiger partial charge in [0.1, 0.15) is 0 Å². The van der Waals surface area contributed by atoms with Gasteiger partial charge in [-0.15, -0.1) is 0 Å². The van der Waals surface area contributed by atoms with E-state index < -0.39 is 10.0 Å². The summed E-state index contributed by atoms with van der Waals surface area (Å²) < 4.78 is 27.0. The Labute approximate surface area is 145 Å². The summed E-state index contributed by atoms with van der Waals surface area (Å²) in [7, 11) is 3.05. The maximum Gasteiger partial charge on any atom is 0.213 e. The van der Waals surface area contributed by atoms with Crippen LogP contribution in [0.15, 0.2) is 0 Å². The standard InChI is InChI=1S/C18H41N2O2S/c1-6-8-9-10-11-12-13-14-18-23(21,22)19(3)16-15-17-20(4,5)7-2/h6-18H2,1-5H3/q+1. The summed E-state index contributed by atoms with van der Waals surface area (Å²) in [6.45, 7) is 7.14. The first-order chi connectivity index (χ1) is 10.7. The summed E-state index contributed by atoms with van der Waals surface area (Å²) in [5.41, 5.74) is 0. The van der Waals surface area contributed by atoms with Crippen LogP contribution in [0.3, 0.4) is 0 Å². The van der Waals surface area contributed by atoms with Crippen LogP contribution in [-0.4, -0.2) is 63.7 Å². The fraction of sp³-hybridized carbons (Fsp3) is 1.00. The molecule has 0 rings (SSSR count). The van der Waals surface area contributed by atoms with Crippen molar-refractivity contribution >= 4 is 10.0 Å². The van der Waals surface area contributed by atoms with E-state index in [1.807, 2.05) is 0 Å². The van der Waals surface area contributed by atoms with Gasteiger partial charge in [-0.1, -0.05) is 51.9 Å². The topological polar surface area (TPSA) is 37.4 Å². The van der Waals surface area contributed by atoms with Crippen LogP contribution >= 0.6 is 0 Å². The Morgan fingerprint density at radius 2 is 1.35 bits per heavy atom. The molecule has 0 bridgehead atoms. The summed E-state index contributed by atoms with van der Waals surface area (Å²) in [5.74, 6) is 0.310. The molecule has 0 aliphatic carbocycles. The van der Waals surface area contributed by atoms with E-state index in [2.05, 4.69) is 27.9 Å². The summed E-state index contributed by atoms with van der Waals surface area (Å²) in [6.07, 6.45) is 10.4. The molecule has 0 radical (unpaired) electrons. The van der Waals surface area contributed by atoms with Crippen LogP contribution in [0.25, 0.3) is 0 Å². The molecular weight excluding hydrogens is 308 g/mol. The van der Waals surface area contributed by atoms with Crippen LogP contribution in [0.2, 0.25) is 0 Å². The Kier molecular flexibility index (Phi) is 12.2. The van der Waals surface area contributed by atoms with Crippen molar-refractivity contribution in [3.05, 3.63) is 0 Å². The molecule has 0 saturated heterocycles. The normalized spacial score (nSPS) is 13.0. The third-order valence-electron chi connectivity index (χ3n) is 4.82. The third-order valence-corrected chi connectivity index (χ3v) is 6.76. The minimum absolute atomic E-state index is 0.310. The Balaban J connectivity index is 3.81. The molecule has 140 valence electrons. The maximum absolute atomic E-state index is 12.3. The predicted molar refractivity (Wildman–Crippen MR) is 101 cm³/mol. The Morgan fingerprint density at radius 3 is 1.87 bits per heavy atom. The molecule has 0 aromatic rings. The fourth-order valence-electron chi connectivity index (χ4n) is 2.59. The van der Waals surface area contributed by atoms with Gasteiger partial charge in [0.15, 0.2) is 0 Å². The highest BCUT2D eigenvalue weighted by atomic mass is 32.2. The summed E-state index contributed by atoms with van der Waals surface area (Å²) in [4.78, 5) is 0. The lowest BCUT2D eigenvalue weighted by Gasteiger charge is -2.29. The average Bonchev–Trinajstić information content (AvgIpc) is 2.49. The first-order valence-electron chi connectivity index (χ1n) is 9.51. The van der Waals surface area contributed by atoms with Crippen molar-refractivity contribution in [3.8, 4) is 0 Å². The molecule has 0 aromatic carbocycles. The van der Waals surface area contributed by atoms with E-state index in [1.54, 1.807) is 11.4 Å². The van der Waals surface area contributed by atoms with Gasteiger partial charge >= 0.3 is 0 Å². The quantitative estimate of drug-likeness (QED) is 0.332. The second kappa shape index (κ2) is 12.3. The molecule has 0 heterocycles. The molecule has 0 spiro atoms. The third kappa shape index (κ3) is 12.0. The van der Waals surface area contributed by atoms with E-state index >= 15 is 0 Å². The minimum atomic E-state index is -3.06. The largest absolute Gasteiger partial charge is 0.329 e. The Hall–Kier alpha value is -0.130. The van der Waals surface area contributed by atoms with Crippen molar-refractivity contribution in [3.63, 3.8) is 0 Å². The number of sulfonamides is 1. The van der Waals surface area contributed by atoms with Crippen LogP contribution in [0.5, 0.6) is 0 Å². The monoisotopic (exact) mass is 349 g/mol. The highest BCUT2D eigenvalue weighted by Gasteiger charge is 2.18. The second-order valence-electron chi connectivity index (χ2n) is 7.44. The van der Waals surface area contributed by atoms with Crippen LogP contribution < -0.4 is 0 Å². The summed E-state index contributed by atoms with van der Waals surface area (Å²) in [6, 6.07) is 0. The first kappa shape index (κ1) is 22.9. The number of rotatable bonds is 15. The van der Waals surface area contributed by atoms with Gasteiger partial charge in [0.05, 0.1) is 32.9 Å². The smallest absolute Gasteiger partial charge is 0.213 e. The van der Waals surface area contributed by atoms with Crippen LogP contribution in [-0.2, 0) is 10.0 Å².